The molecule has 0 rings (SSSR count). The Hall–Kier alpha value is -1.94. The number of phosphoric ester groups is 2. The summed E-state index contributed by atoms with van der Waals surface area (Å²) in [5.41, 5.74) is 0. The Kier molecular flexibility index (Phi) is 73.8. The zero-order valence-electron chi connectivity index (χ0n) is 65.2. The summed E-state index contributed by atoms with van der Waals surface area (Å²) in [6.07, 6.45) is 68.3. The molecule has 0 aliphatic rings. The second-order valence-electron chi connectivity index (χ2n) is 29.2. The van der Waals surface area contributed by atoms with Gasteiger partial charge in [-0.05, 0) is 25.7 Å². The van der Waals surface area contributed by atoms with Gasteiger partial charge in [0.15, 0.2) is 12.2 Å². The van der Waals surface area contributed by atoms with Crippen molar-refractivity contribution in [2.24, 2.45) is 0 Å². The first-order valence-corrected chi connectivity index (χ1v) is 45.3. The summed E-state index contributed by atoms with van der Waals surface area (Å²) < 4.78 is 68.6. The molecule has 0 aromatic heterocycles. The van der Waals surface area contributed by atoms with Crippen molar-refractivity contribution in [3.8, 4) is 0 Å². The highest BCUT2D eigenvalue weighted by molar-refractivity contribution is 7.47. The minimum atomic E-state index is -4.96. The second kappa shape index (κ2) is 75.3. The number of carbonyl (C=O) groups is 4. The van der Waals surface area contributed by atoms with Gasteiger partial charge in [0, 0.05) is 25.7 Å². The van der Waals surface area contributed by atoms with Gasteiger partial charge in [-0.15, -0.1) is 0 Å². The highest BCUT2D eigenvalue weighted by Crippen LogP contribution is 2.45. The maximum atomic E-state index is 13.1. The molecular formula is C81H158O17P2. The molecule has 0 saturated carbocycles. The van der Waals surface area contributed by atoms with Crippen LogP contribution >= 0.6 is 15.6 Å². The van der Waals surface area contributed by atoms with E-state index in [4.69, 9.17) is 37.0 Å². The van der Waals surface area contributed by atoms with E-state index in [9.17, 15) is 43.2 Å². The van der Waals surface area contributed by atoms with Gasteiger partial charge in [0.25, 0.3) is 0 Å². The SMILES string of the molecule is CCCCCCCCCCCCCCCCCCCCCCCC(=O)O[C@H](COC(=O)CCCCCCCCCCCCCCCCCCCCC)COP(=O)(O)OC[C@@H](O)COP(=O)(O)OC[C@@H](COC(=O)CCCCCCCCC)OC(=O)CCCCCCCCCCCCCCC. The number of phosphoric acid groups is 2. The van der Waals surface area contributed by atoms with Crippen LogP contribution < -0.4 is 0 Å². The van der Waals surface area contributed by atoms with Crippen LogP contribution in [0.3, 0.4) is 0 Å². The van der Waals surface area contributed by atoms with Crippen molar-refractivity contribution in [2.75, 3.05) is 39.6 Å². The van der Waals surface area contributed by atoms with E-state index >= 15 is 0 Å². The van der Waals surface area contributed by atoms with Gasteiger partial charge in [-0.1, -0.05) is 387 Å². The highest BCUT2D eigenvalue weighted by atomic mass is 31.2. The summed E-state index contributed by atoms with van der Waals surface area (Å²) >= 11 is 0. The summed E-state index contributed by atoms with van der Waals surface area (Å²) in [7, 11) is -9.91. The van der Waals surface area contributed by atoms with Crippen LogP contribution in [-0.4, -0.2) is 96.7 Å². The largest absolute Gasteiger partial charge is 0.472 e. The number of carbonyl (C=O) groups excluding carboxylic acids is 4. The number of ether oxygens (including phenoxy) is 4. The number of hydrogen-bond acceptors (Lipinski definition) is 15. The lowest BCUT2D eigenvalue weighted by molar-refractivity contribution is -0.161. The lowest BCUT2D eigenvalue weighted by Gasteiger charge is -2.21. The summed E-state index contributed by atoms with van der Waals surface area (Å²) in [5, 5.41) is 10.6. The molecule has 0 bridgehead atoms. The molecule has 17 nitrogen and oxygen atoms in total. The third-order valence-corrected chi connectivity index (χ3v) is 21.0. The average molecular weight is 1470 g/mol. The first-order valence-electron chi connectivity index (χ1n) is 42.3. The van der Waals surface area contributed by atoms with Gasteiger partial charge >= 0.3 is 39.5 Å². The molecule has 3 N–H and O–H groups in total. The van der Waals surface area contributed by atoms with E-state index in [1.807, 2.05) is 0 Å². The van der Waals surface area contributed by atoms with Crippen LogP contribution in [0.15, 0.2) is 0 Å². The fraction of sp³-hybridized carbons (Fsp3) is 0.951. The molecule has 0 heterocycles. The van der Waals surface area contributed by atoms with E-state index in [1.54, 1.807) is 0 Å². The number of hydrogen-bond donors (Lipinski definition) is 3. The predicted molar refractivity (Wildman–Crippen MR) is 409 cm³/mol. The third-order valence-electron chi connectivity index (χ3n) is 19.1. The Morgan fingerprint density at radius 3 is 0.590 bits per heavy atom. The van der Waals surface area contributed by atoms with Gasteiger partial charge in [-0.25, -0.2) is 9.13 Å². The second-order valence-corrected chi connectivity index (χ2v) is 32.1. The molecule has 5 atom stereocenters. The summed E-state index contributed by atoms with van der Waals surface area (Å²) in [5.74, 6) is -2.11. The maximum absolute atomic E-state index is 13.1. The Labute approximate surface area is 613 Å². The minimum Gasteiger partial charge on any atom is -0.462 e. The van der Waals surface area contributed by atoms with Crippen LogP contribution in [0.4, 0.5) is 0 Å². The first kappa shape index (κ1) is 98.1. The summed E-state index contributed by atoms with van der Waals surface area (Å²) in [6, 6.07) is 0. The Morgan fingerprint density at radius 2 is 0.400 bits per heavy atom. The van der Waals surface area contributed by atoms with Crippen LogP contribution in [0.25, 0.3) is 0 Å². The molecule has 100 heavy (non-hydrogen) atoms. The topological polar surface area (TPSA) is 237 Å². The molecular weight excluding hydrogens is 1310 g/mol. The van der Waals surface area contributed by atoms with Crippen LogP contribution in [0.2, 0.25) is 0 Å². The zero-order valence-corrected chi connectivity index (χ0v) is 67.0. The van der Waals surface area contributed by atoms with Crippen LogP contribution in [-0.2, 0) is 65.4 Å². The Balaban J connectivity index is 5.16. The van der Waals surface area contributed by atoms with Gasteiger partial charge in [0.1, 0.15) is 19.3 Å². The first-order chi connectivity index (χ1) is 48.7. The van der Waals surface area contributed by atoms with Gasteiger partial charge < -0.3 is 33.8 Å². The fourth-order valence-corrected chi connectivity index (χ4v) is 14.2. The number of esters is 4. The van der Waals surface area contributed by atoms with Crippen molar-refractivity contribution in [1.82, 2.24) is 0 Å². The molecule has 0 aliphatic carbocycles. The van der Waals surface area contributed by atoms with E-state index in [0.29, 0.717) is 25.7 Å². The maximum Gasteiger partial charge on any atom is 0.472 e. The Bertz CT molecular complexity index is 1890. The zero-order chi connectivity index (χ0) is 73.2. The predicted octanol–water partition coefficient (Wildman–Crippen LogP) is 24.6. The fourth-order valence-electron chi connectivity index (χ4n) is 12.6. The molecule has 2 unspecified atom stereocenters. The van der Waals surface area contributed by atoms with Gasteiger partial charge in [-0.2, -0.15) is 0 Å². The van der Waals surface area contributed by atoms with Crippen molar-refractivity contribution in [2.45, 2.75) is 457 Å². The van der Waals surface area contributed by atoms with Gasteiger partial charge in [0.05, 0.1) is 26.4 Å². The Morgan fingerprint density at radius 1 is 0.240 bits per heavy atom. The lowest BCUT2D eigenvalue weighted by Crippen LogP contribution is -2.30. The molecule has 0 aromatic carbocycles. The van der Waals surface area contributed by atoms with Crippen molar-refractivity contribution in [1.29, 1.82) is 0 Å². The van der Waals surface area contributed by atoms with E-state index in [0.717, 1.165) is 103 Å². The number of aliphatic hydroxyl groups excluding tert-OH is 1. The molecule has 0 radical (unpaired) electrons. The van der Waals surface area contributed by atoms with Crippen LogP contribution in [0.1, 0.15) is 439 Å². The quantitative estimate of drug-likeness (QED) is 0.0222. The molecule has 0 fully saturated rings. The van der Waals surface area contributed by atoms with E-state index in [2.05, 4.69) is 27.7 Å². The molecule has 0 saturated heterocycles. The van der Waals surface area contributed by atoms with E-state index in [1.165, 1.54) is 257 Å². The summed E-state index contributed by atoms with van der Waals surface area (Å²) in [6.45, 7) is 4.98. The van der Waals surface area contributed by atoms with E-state index < -0.39 is 97.5 Å². The van der Waals surface area contributed by atoms with Crippen molar-refractivity contribution >= 4 is 39.5 Å². The van der Waals surface area contributed by atoms with Gasteiger partial charge in [-0.3, -0.25) is 37.3 Å². The number of rotatable bonds is 82. The average Bonchev–Trinajstić information content (AvgIpc) is 0.992. The third kappa shape index (κ3) is 74.3. The smallest absolute Gasteiger partial charge is 0.462 e. The molecule has 19 heteroatoms. The summed E-state index contributed by atoms with van der Waals surface area (Å²) in [4.78, 5) is 72.8. The lowest BCUT2D eigenvalue weighted by atomic mass is 10.0. The van der Waals surface area contributed by atoms with Crippen molar-refractivity contribution in [3.05, 3.63) is 0 Å². The van der Waals surface area contributed by atoms with E-state index in [-0.39, 0.29) is 25.7 Å². The molecule has 0 aromatic rings. The molecule has 0 spiro atoms. The van der Waals surface area contributed by atoms with Crippen molar-refractivity contribution in [3.63, 3.8) is 0 Å². The molecule has 594 valence electrons. The number of aliphatic hydroxyl groups is 1. The standard InChI is InChI=1S/C81H158O17P2/c1-5-9-13-17-21-24-27-30-32-34-36-37-39-41-43-46-49-52-56-60-64-68-81(86)98-77(72-92-79(84)66-62-58-54-50-47-45-42-40-38-35-33-31-28-25-22-18-14-10-6-2)74-96-100(89,90)94-70-75(82)69-93-99(87,88)95-73-76(71-91-78(83)65-61-57-53-20-16-12-8-4)97-80(85)67-63-59-55-51-48-44-29-26-23-19-15-11-7-3/h75-77,82H,5-74H2,1-4H3,(H,87,88)(H,89,90)/t75-,76+,77+/m0/s1. The molecule has 0 amide bonds. The normalized spacial score (nSPS) is 13.8. The number of unbranched alkanes of at least 4 members (excludes halogenated alkanes) is 56. The van der Waals surface area contributed by atoms with Crippen molar-refractivity contribution < 1.29 is 80.2 Å². The van der Waals surface area contributed by atoms with Gasteiger partial charge in [0.2, 0.25) is 0 Å². The molecule has 0 aliphatic heterocycles. The highest BCUT2D eigenvalue weighted by Gasteiger charge is 2.30. The van der Waals surface area contributed by atoms with Crippen LogP contribution in [0, 0.1) is 0 Å². The monoisotopic (exact) mass is 1470 g/mol. The minimum absolute atomic E-state index is 0.108. The van der Waals surface area contributed by atoms with Crippen LogP contribution in [0.5, 0.6) is 0 Å².